The number of hydrogen-bond acceptors (Lipinski definition) is 4. The van der Waals surface area contributed by atoms with Gasteiger partial charge in [-0.05, 0) is 51.8 Å². The highest BCUT2D eigenvalue weighted by Gasteiger charge is 2.32. The molecular formula is C19H29FN2O4. The van der Waals surface area contributed by atoms with Gasteiger partial charge in [0.1, 0.15) is 17.2 Å². The molecule has 0 saturated heterocycles. The maximum Gasteiger partial charge on any atom is 0.407 e. The SMILES string of the molecule is COc1ccc(F)cc1C(=O)NC(C)(CNC(=O)OC(C)(C)C)C(C)C. The van der Waals surface area contributed by atoms with Gasteiger partial charge in [0.25, 0.3) is 5.91 Å². The van der Waals surface area contributed by atoms with E-state index in [1.54, 1.807) is 27.7 Å². The molecule has 7 heteroatoms. The van der Waals surface area contributed by atoms with Gasteiger partial charge >= 0.3 is 6.09 Å². The van der Waals surface area contributed by atoms with Gasteiger partial charge in [-0.3, -0.25) is 4.79 Å². The fourth-order valence-corrected chi connectivity index (χ4v) is 2.15. The lowest BCUT2D eigenvalue weighted by Crippen LogP contribution is -2.57. The Hall–Kier alpha value is -2.31. The molecule has 0 radical (unpaired) electrons. The summed E-state index contributed by atoms with van der Waals surface area (Å²) in [6, 6.07) is 3.74. The van der Waals surface area contributed by atoms with E-state index in [1.165, 1.54) is 19.2 Å². The molecule has 0 fully saturated rings. The first-order valence-corrected chi connectivity index (χ1v) is 8.51. The van der Waals surface area contributed by atoms with Crippen LogP contribution >= 0.6 is 0 Å². The van der Waals surface area contributed by atoms with Crippen molar-refractivity contribution in [1.82, 2.24) is 10.6 Å². The van der Waals surface area contributed by atoms with E-state index in [4.69, 9.17) is 9.47 Å². The summed E-state index contributed by atoms with van der Waals surface area (Å²) >= 11 is 0. The van der Waals surface area contributed by atoms with Crippen LogP contribution in [0.5, 0.6) is 5.75 Å². The van der Waals surface area contributed by atoms with E-state index in [0.29, 0.717) is 0 Å². The molecule has 1 unspecified atom stereocenters. The molecule has 1 aromatic carbocycles. The molecule has 26 heavy (non-hydrogen) atoms. The average molecular weight is 368 g/mol. The topological polar surface area (TPSA) is 76.7 Å². The Morgan fingerprint density at radius 2 is 1.81 bits per heavy atom. The number of amides is 2. The van der Waals surface area contributed by atoms with Crippen LogP contribution in [0.4, 0.5) is 9.18 Å². The zero-order valence-electron chi connectivity index (χ0n) is 16.5. The first-order valence-electron chi connectivity index (χ1n) is 8.51. The Labute approximate surface area is 154 Å². The molecule has 0 aliphatic heterocycles. The number of alkyl carbamates (subject to hydrolysis) is 1. The molecule has 0 bridgehead atoms. The summed E-state index contributed by atoms with van der Waals surface area (Å²) in [6.07, 6.45) is -0.568. The van der Waals surface area contributed by atoms with Crippen LogP contribution in [0, 0.1) is 11.7 Å². The highest BCUT2D eigenvalue weighted by molar-refractivity contribution is 5.97. The second kappa shape index (κ2) is 8.38. The number of nitrogens with one attached hydrogen (secondary N) is 2. The molecule has 6 nitrogen and oxygen atoms in total. The predicted octanol–water partition coefficient (Wildman–Crippen LogP) is 3.50. The van der Waals surface area contributed by atoms with E-state index in [1.807, 2.05) is 13.8 Å². The van der Waals surface area contributed by atoms with Crippen molar-refractivity contribution in [2.45, 2.75) is 52.7 Å². The Balaban J connectivity index is 2.91. The molecule has 2 N–H and O–H groups in total. The normalized spacial score (nSPS) is 13.7. The summed E-state index contributed by atoms with van der Waals surface area (Å²) < 4.78 is 23.9. The minimum atomic E-state index is -0.773. The first-order chi connectivity index (χ1) is 11.9. The summed E-state index contributed by atoms with van der Waals surface area (Å²) in [6.45, 7) is 11.1. The lowest BCUT2D eigenvalue weighted by molar-refractivity contribution is 0.0497. The van der Waals surface area contributed by atoms with Crippen LogP contribution in [-0.4, -0.2) is 36.8 Å². The zero-order valence-corrected chi connectivity index (χ0v) is 16.5. The third-order valence-electron chi connectivity index (χ3n) is 4.08. The van der Waals surface area contributed by atoms with E-state index >= 15 is 0 Å². The molecule has 0 saturated carbocycles. The number of halogens is 1. The van der Waals surface area contributed by atoms with Crippen LogP contribution in [0.15, 0.2) is 18.2 Å². The van der Waals surface area contributed by atoms with E-state index in [-0.39, 0.29) is 23.8 Å². The summed E-state index contributed by atoms with van der Waals surface area (Å²) in [5.41, 5.74) is -1.29. The smallest absolute Gasteiger partial charge is 0.407 e. The Bertz CT molecular complexity index is 655. The van der Waals surface area contributed by atoms with Gasteiger partial charge < -0.3 is 20.1 Å². The van der Waals surface area contributed by atoms with Crippen molar-refractivity contribution in [3.63, 3.8) is 0 Å². The van der Waals surface area contributed by atoms with Crippen molar-refractivity contribution >= 4 is 12.0 Å². The molecular weight excluding hydrogens is 339 g/mol. The lowest BCUT2D eigenvalue weighted by atomic mass is 9.88. The van der Waals surface area contributed by atoms with E-state index < -0.39 is 29.0 Å². The van der Waals surface area contributed by atoms with Crippen LogP contribution in [0.25, 0.3) is 0 Å². The van der Waals surface area contributed by atoms with Crippen molar-refractivity contribution < 1.29 is 23.5 Å². The molecule has 2 amide bonds. The third kappa shape index (κ3) is 6.20. The third-order valence-corrected chi connectivity index (χ3v) is 4.08. The Morgan fingerprint density at radius 3 is 2.31 bits per heavy atom. The number of carbonyl (C=O) groups is 2. The van der Waals surface area contributed by atoms with Crippen molar-refractivity contribution in [2.75, 3.05) is 13.7 Å². The van der Waals surface area contributed by atoms with Crippen molar-refractivity contribution in [3.8, 4) is 5.75 Å². The molecule has 0 aliphatic rings. The summed E-state index contributed by atoms with van der Waals surface area (Å²) in [7, 11) is 1.41. The van der Waals surface area contributed by atoms with Crippen LogP contribution in [-0.2, 0) is 4.74 Å². The summed E-state index contributed by atoms with van der Waals surface area (Å²) in [5, 5.41) is 5.55. The fraction of sp³-hybridized carbons (Fsp3) is 0.579. The van der Waals surface area contributed by atoms with Crippen LogP contribution in [0.2, 0.25) is 0 Å². The van der Waals surface area contributed by atoms with Gasteiger partial charge in [0.2, 0.25) is 0 Å². The van der Waals surface area contributed by atoms with E-state index in [0.717, 1.165) is 6.07 Å². The molecule has 1 rings (SSSR count). The van der Waals surface area contributed by atoms with Gasteiger partial charge in [0.05, 0.1) is 18.2 Å². The standard InChI is InChI=1S/C19H29FN2O4/c1-12(2)19(6,11-21-17(24)26-18(3,4)5)22-16(23)14-10-13(20)8-9-15(14)25-7/h8-10,12H,11H2,1-7H3,(H,21,24)(H,22,23). The first kappa shape index (κ1) is 21.7. The number of hydrogen-bond donors (Lipinski definition) is 2. The minimum absolute atomic E-state index is 0.0130. The molecule has 0 spiro atoms. The monoisotopic (exact) mass is 368 g/mol. The van der Waals surface area contributed by atoms with Gasteiger partial charge in [0, 0.05) is 6.54 Å². The van der Waals surface area contributed by atoms with Gasteiger partial charge in [0.15, 0.2) is 0 Å². The number of carbonyl (C=O) groups excluding carboxylic acids is 2. The van der Waals surface area contributed by atoms with Crippen molar-refractivity contribution in [1.29, 1.82) is 0 Å². The molecule has 1 aromatic rings. The number of methoxy groups -OCH3 is 1. The fourth-order valence-electron chi connectivity index (χ4n) is 2.15. The van der Waals surface area contributed by atoms with Gasteiger partial charge in [-0.15, -0.1) is 0 Å². The van der Waals surface area contributed by atoms with E-state index in [9.17, 15) is 14.0 Å². The lowest BCUT2D eigenvalue weighted by Gasteiger charge is -2.35. The number of rotatable bonds is 6. The highest BCUT2D eigenvalue weighted by Crippen LogP contribution is 2.22. The maximum atomic E-state index is 13.5. The quantitative estimate of drug-likeness (QED) is 0.806. The zero-order chi connectivity index (χ0) is 20.1. The minimum Gasteiger partial charge on any atom is -0.496 e. The van der Waals surface area contributed by atoms with Crippen LogP contribution in [0.3, 0.4) is 0 Å². The number of ether oxygens (including phenoxy) is 2. The summed E-state index contributed by atoms with van der Waals surface area (Å²) in [4.78, 5) is 24.6. The van der Waals surface area contributed by atoms with Gasteiger partial charge in [-0.2, -0.15) is 0 Å². The predicted molar refractivity (Wildman–Crippen MR) is 97.9 cm³/mol. The van der Waals surface area contributed by atoms with Crippen LogP contribution in [0.1, 0.15) is 51.9 Å². The molecule has 0 aromatic heterocycles. The Morgan fingerprint density at radius 1 is 1.19 bits per heavy atom. The van der Waals surface area contributed by atoms with Gasteiger partial charge in [-0.25, -0.2) is 9.18 Å². The van der Waals surface area contributed by atoms with Crippen molar-refractivity contribution in [3.05, 3.63) is 29.6 Å². The number of benzene rings is 1. The van der Waals surface area contributed by atoms with E-state index in [2.05, 4.69) is 10.6 Å². The molecule has 0 heterocycles. The largest absolute Gasteiger partial charge is 0.496 e. The maximum absolute atomic E-state index is 13.5. The average Bonchev–Trinajstić information content (AvgIpc) is 2.51. The summed E-state index contributed by atoms with van der Waals surface area (Å²) in [5.74, 6) is -0.756. The molecule has 0 aliphatic carbocycles. The second-order valence-corrected chi connectivity index (χ2v) is 7.73. The molecule has 146 valence electrons. The van der Waals surface area contributed by atoms with Gasteiger partial charge in [-0.1, -0.05) is 13.8 Å². The Kier molecular flexibility index (Phi) is 7.00. The second-order valence-electron chi connectivity index (χ2n) is 7.73. The van der Waals surface area contributed by atoms with Crippen LogP contribution < -0.4 is 15.4 Å². The highest BCUT2D eigenvalue weighted by atomic mass is 19.1. The molecule has 1 atom stereocenters. The van der Waals surface area contributed by atoms with Crippen molar-refractivity contribution in [2.24, 2.45) is 5.92 Å².